The Labute approximate surface area is 91.5 Å². The summed E-state index contributed by atoms with van der Waals surface area (Å²) >= 11 is 0. The van der Waals surface area contributed by atoms with Gasteiger partial charge in [0.1, 0.15) is 0 Å². The summed E-state index contributed by atoms with van der Waals surface area (Å²) in [6.07, 6.45) is 2.86. The average Bonchev–Trinajstić information content (AvgIpc) is 2.18. The van der Waals surface area contributed by atoms with Crippen LogP contribution in [0.1, 0.15) is 43.5 Å². The van der Waals surface area contributed by atoms with E-state index >= 15 is 0 Å². The zero-order valence-corrected chi connectivity index (χ0v) is 9.49. The number of hydrogen-bond donors (Lipinski definition) is 1. The molecule has 0 saturated carbocycles. The van der Waals surface area contributed by atoms with Crippen LogP contribution in [0.15, 0.2) is 24.3 Å². The summed E-state index contributed by atoms with van der Waals surface area (Å²) < 4.78 is 0. The van der Waals surface area contributed by atoms with Crippen molar-refractivity contribution < 1.29 is 4.79 Å². The zero-order chi connectivity index (χ0) is 11.3. The molecule has 1 unspecified atom stereocenters. The standard InChI is InChI=1S/C13H19NO/c1-3-5-10(2)8-13(15)11-6-4-7-12(14)9-11/h4,6-7,9-10H,3,5,8,14H2,1-2H3. The van der Waals surface area contributed by atoms with E-state index in [0.717, 1.165) is 18.4 Å². The molecule has 0 heterocycles. The fourth-order valence-electron chi connectivity index (χ4n) is 1.74. The summed E-state index contributed by atoms with van der Waals surface area (Å²) in [5, 5.41) is 0. The second-order valence-electron chi connectivity index (χ2n) is 4.15. The van der Waals surface area contributed by atoms with Crippen molar-refractivity contribution in [2.24, 2.45) is 5.92 Å². The van der Waals surface area contributed by atoms with Crippen molar-refractivity contribution in [3.05, 3.63) is 29.8 Å². The summed E-state index contributed by atoms with van der Waals surface area (Å²) in [5.41, 5.74) is 7.02. The maximum atomic E-state index is 11.8. The monoisotopic (exact) mass is 205 g/mol. The van der Waals surface area contributed by atoms with E-state index in [2.05, 4.69) is 13.8 Å². The van der Waals surface area contributed by atoms with Crippen LogP contribution in [-0.2, 0) is 0 Å². The summed E-state index contributed by atoms with van der Waals surface area (Å²) in [5.74, 6) is 0.659. The maximum absolute atomic E-state index is 11.8. The van der Waals surface area contributed by atoms with Crippen LogP contribution in [0.5, 0.6) is 0 Å². The number of anilines is 1. The molecule has 82 valence electrons. The van der Waals surface area contributed by atoms with E-state index in [4.69, 9.17) is 5.73 Å². The third-order valence-corrected chi connectivity index (χ3v) is 2.52. The third kappa shape index (κ3) is 3.74. The maximum Gasteiger partial charge on any atom is 0.163 e. The van der Waals surface area contributed by atoms with Gasteiger partial charge in [-0.25, -0.2) is 0 Å². The number of nitrogen functional groups attached to an aromatic ring is 1. The van der Waals surface area contributed by atoms with Gasteiger partial charge in [-0.3, -0.25) is 4.79 Å². The van der Waals surface area contributed by atoms with Crippen molar-refractivity contribution in [3.8, 4) is 0 Å². The second kappa shape index (κ2) is 5.54. The van der Waals surface area contributed by atoms with Crippen LogP contribution in [0.4, 0.5) is 5.69 Å². The Hall–Kier alpha value is -1.31. The zero-order valence-electron chi connectivity index (χ0n) is 9.49. The molecule has 0 aliphatic heterocycles. The van der Waals surface area contributed by atoms with Gasteiger partial charge < -0.3 is 5.73 Å². The van der Waals surface area contributed by atoms with Crippen molar-refractivity contribution in [3.63, 3.8) is 0 Å². The highest BCUT2D eigenvalue weighted by Gasteiger charge is 2.10. The van der Waals surface area contributed by atoms with Crippen molar-refractivity contribution in [2.75, 3.05) is 5.73 Å². The first kappa shape index (κ1) is 11.8. The Morgan fingerprint density at radius 2 is 2.20 bits per heavy atom. The molecule has 2 N–H and O–H groups in total. The van der Waals surface area contributed by atoms with E-state index in [1.54, 1.807) is 12.1 Å². The van der Waals surface area contributed by atoms with Gasteiger partial charge in [0.25, 0.3) is 0 Å². The predicted molar refractivity (Wildman–Crippen MR) is 63.9 cm³/mol. The molecule has 2 nitrogen and oxygen atoms in total. The lowest BCUT2D eigenvalue weighted by Crippen LogP contribution is -2.06. The predicted octanol–water partition coefficient (Wildman–Crippen LogP) is 3.28. The van der Waals surface area contributed by atoms with E-state index in [-0.39, 0.29) is 5.78 Å². The largest absolute Gasteiger partial charge is 0.399 e. The molecule has 0 aliphatic rings. The number of carbonyl (C=O) groups is 1. The van der Waals surface area contributed by atoms with E-state index < -0.39 is 0 Å². The first-order valence-corrected chi connectivity index (χ1v) is 5.52. The van der Waals surface area contributed by atoms with E-state index in [1.165, 1.54) is 0 Å². The number of nitrogens with two attached hydrogens (primary N) is 1. The molecule has 0 aromatic heterocycles. The molecular weight excluding hydrogens is 186 g/mol. The molecule has 1 aromatic carbocycles. The quantitative estimate of drug-likeness (QED) is 0.592. The van der Waals surface area contributed by atoms with Gasteiger partial charge >= 0.3 is 0 Å². The number of rotatable bonds is 5. The highest BCUT2D eigenvalue weighted by Crippen LogP contribution is 2.15. The number of hydrogen-bond acceptors (Lipinski definition) is 2. The minimum Gasteiger partial charge on any atom is -0.399 e. The fraction of sp³-hybridized carbons (Fsp3) is 0.462. The minimum absolute atomic E-state index is 0.197. The Bertz CT molecular complexity index is 333. The van der Waals surface area contributed by atoms with E-state index in [0.29, 0.717) is 18.0 Å². The fourth-order valence-corrected chi connectivity index (χ4v) is 1.74. The molecule has 1 aromatic rings. The van der Waals surface area contributed by atoms with Crippen molar-refractivity contribution in [1.82, 2.24) is 0 Å². The minimum atomic E-state index is 0.197. The molecule has 1 rings (SSSR count). The molecule has 1 atom stereocenters. The molecule has 2 heteroatoms. The van der Waals surface area contributed by atoms with Crippen molar-refractivity contribution in [1.29, 1.82) is 0 Å². The normalized spacial score (nSPS) is 12.4. The molecule has 0 radical (unpaired) electrons. The first-order valence-electron chi connectivity index (χ1n) is 5.52. The Morgan fingerprint density at radius 1 is 1.47 bits per heavy atom. The molecular formula is C13H19NO. The summed E-state index contributed by atoms with van der Waals surface area (Å²) in [4.78, 5) is 11.8. The highest BCUT2D eigenvalue weighted by atomic mass is 16.1. The van der Waals surface area contributed by atoms with Gasteiger partial charge in [0.15, 0.2) is 5.78 Å². The van der Waals surface area contributed by atoms with Crippen LogP contribution in [0.3, 0.4) is 0 Å². The molecule has 0 spiro atoms. The van der Waals surface area contributed by atoms with E-state index in [1.807, 2.05) is 12.1 Å². The molecule has 0 bridgehead atoms. The SMILES string of the molecule is CCCC(C)CC(=O)c1cccc(N)c1. The van der Waals surface area contributed by atoms with Crippen LogP contribution in [0.25, 0.3) is 0 Å². The van der Waals surface area contributed by atoms with Crippen molar-refractivity contribution >= 4 is 11.5 Å². The first-order chi connectivity index (χ1) is 7.13. The van der Waals surface area contributed by atoms with Gasteiger partial charge in [-0.05, 0) is 18.1 Å². The highest BCUT2D eigenvalue weighted by molar-refractivity contribution is 5.96. The summed E-state index contributed by atoms with van der Waals surface area (Å²) in [6, 6.07) is 7.21. The number of benzene rings is 1. The lowest BCUT2D eigenvalue weighted by atomic mass is 9.96. The molecule has 0 saturated heterocycles. The topological polar surface area (TPSA) is 43.1 Å². The van der Waals surface area contributed by atoms with Crippen molar-refractivity contribution in [2.45, 2.75) is 33.1 Å². The lowest BCUT2D eigenvalue weighted by Gasteiger charge is -2.08. The number of carbonyl (C=O) groups excluding carboxylic acids is 1. The van der Waals surface area contributed by atoms with Gasteiger partial charge in [0.05, 0.1) is 0 Å². The molecule has 0 aliphatic carbocycles. The van der Waals surface area contributed by atoms with Gasteiger partial charge in [0.2, 0.25) is 0 Å². The van der Waals surface area contributed by atoms with Crippen LogP contribution < -0.4 is 5.73 Å². The van der Waals surface area contributed by atoms with Crippen LogP contribution in [-0.4, -0.2) is 5.78 Å². The van der Waals surface area contributed by atoms with Crippen LogP contribution in [0, 0.1) is 5.92 Å². The lowest BCUT2D eigenvalue weighted by molar-refractivity contribution is 0.0962. The average molecular weight is 205 g/mol. The molecule has 0 fully saturated rings. The molecule has 0 amide bonds. The Balaban J connectivity index is 2.61. The second-order valence-corrected chi connectivity index (χ2v) is 4.15. The van der Waals surface area contributed by atoms with Crippen LogP contribution in [0.2, 0.25) is 0 Å². The third-order valence-electron chi connectivity index (χ3n) is 2.52. The number of ketones is 1. The van der Waals surface area contributed by atoms with Gasteiger partial charge in [-0.2, -0.15) is 0 Å². The Morgan fingerprint density at radius 3 is 2.80 bits per heavy atom. The molecule has 15 heavy (non-hydrogen) atoms. The van der Waals surface area contributed by atoms with Crippen LogP contribution >= 0.6 is 0 Å². The number of Topliss-reactive ketones (excluding diaryl/α,β-unsaturated/α-hetero) is 1. The summed E-state index contributed by atoms with van der Waals surface area (Å²) in [6.45, 7) is 4.26. The van der Waals surface area contributed by atoms with Gasteiger partial charge in [0, 0.05) is 17.7 Å². The van der Waals surface area contributed by atoms with Gasteiger partial charge in [-0.15, -0.1) is 0 Å². The smallest absolute Gasteiger partial charge is 0.163 e. The summed E-state index contributed by atoms with van der Waals surface area (Å²) in [7, 11) is 0. The Kier molecular flexibility index (Phi) is 4.35. The van der Waals surface area contributed by atoms with E-state index in [9.17, 15) is 4.79 Å². The van der Waals surface area contributed by atoms with Gasteiger partial charge in [-0.1, -0.05) is 38.8 Å².